The van der Waals surface area contributed by atoms with Gasteiger partial charge in [0.25, 0.3) is 0 Å². The van der Waals surface area contributed by atoms with E-state index in [0.29, 0.717) is 0 Å². The molecule has 0 fully saturated rings. The summed E-state index contributed by atoms with van der Waals surface area (Å²) < 4.78 is 26.0. The molecule has 0 atom stereocenters. The van der Waals surface area contributed by atoms with Crippen LogP contribution in [-0.4, -0.2) is 8.42 Å². The van der Waals surface area contributed by atoms with E-state index in [1.807, 2.05) is 0 Å². The summed E-state index contributed by atoms with van der Waals surface area (Å²) in [6.07, 6.45) is 6.10. The SMILES string of the molecule is C#Cc1occc1S(N)(=O)=O. The van der Waals surface area contributed by atoms with Crippen molar-refractivity contribution >= 4 is 10.0 Å². The Bertz CT molecular complexity index is 396. The number of sulfonamides is 1. The van der Waals surface area contributed by atoms with Crippen molar-refractivity contribution in [3.05, 3.63) is 18.1 Å². The van der Waals surface area contributed by atoms with E-state index in [1.165, 1.54) is 12.3 Å². The van der Waals surface area contributed by atoms with Crippen molar-refractivity contribution in [3.8, 4) is 12.3 Å². The fourth-order valence-electron chi connectivity index (χ4n) is 0.627. The van der Waals surface area contributed by atoms with E-state index < -0.39 is 10.0 Å². The normalized spacial score (nSPS) is 10.9. The van der Waals surface area contributed by atoms with Gasteiger partial charge in [-0.3, -0.25) is 0 Å². The van der Waals surface area contributed by atoms with Crippen LogP contribution in [0, 0.1) is 12.3 Å². The molecule has 11 heavy (non-hydrogen) atoms. The molecule has 4 nitrogen and oxygen atoms in total. The van der Waals surface area contributed by atoms with Crippen LogP contribution >= 0.6 is 0 Å². The number of rotatable bonds is 1. The first-order valence-corrected chi connectivity index (χ1v) is 4.17. The fraction of sp³-hybridized carbons (Fsp3) is 0. The summed E-state index contributed by atoms with van der Waals surface area (Å²) in [5, 5.41) is 4.79. The average Bonchev–Trinajstić information content (AvgIpc) is 2.31. The molecule has 0 aromatic carbocycles. The Morgan fingerprint density at radius 1 is 1.64 bits per heavy atom. The monoisotopic (exact) mass is 171 g/mol. The molecule has 0 aliphatic rings. The Labute approximate surface area is 64.1 Å². The highest BCUT2D eigenvalue weighted by atomic mass is 32.2. The van der Waals surface area contributed by atoms with Crippen LogP contribution in [0.2, 0.25) is 0 Å². The van der Waals surface area contributed by atoms with Crippen molar-refractivity contribution in [3.63, 3.8) is 0 Å². The van der Waals surface area contributed by atoms with Crippen LogP contribution in [0.1, 0.15) is 5.76 Å². The van der Waals surface area contributed by atoms with Gasteiger partial charge in [0.2, 0.25) is 10.0 Å². The lowest BCUT2D eigenvalue weighted by molar-refractivity contribution is 0.543. The maximum absolute atomic E-state index is 10.7. The van der Waals surface area contributed by atoms with Crippen molar-refractivity contribution in [2.24, 2.45) is 5.14 Å². The molecule has 5 heteroatoms. The minimum atomic E-state index is -3.74. The number of nitrogens with two attached hydrogens (primary N) is 1. The van der Waals surface area contributed by atoms with E-state index in [2.05, 4.69) is 10.3 Å². The number of furan rings is 1. The largest absolute Gasteiger partial charge is 0.455 e. The maximum Gasteiger partial charge on any atom is 0.242 e. The second-order valence-electron chi connectivity index (χ2n) is 1.80. The molecule has 2 N–H and O–H groups in total. The van der Waals surface area contributed by atoms with E-state index in [0.717, 1.165) is 0 Å². The molecule has 0 saturated carbocycles. The van der Waals surface area contributed by atoms with Gasteiger partial charge >= 0.3 is 0 Å². The molecule has 58 valence electrons. The van der Waals surface area contributed by atoms with Crippen molar-refractivity contribution in [2.75, 3.05) is 0 Å². The Hall–Kier alpha value is -1.25. The summed E-state index contributed by atoms with van der Waals surface area (Å²) in [5.41, 5.74) is 0. The first kappa shape index (κ1) is 7.85. The number of hydrogen-bond donors (Lipinski definition) is 1. The smallest absolute Gasteiger partial charge is 0.242 e. The van der Waals surface area contributed by atoms with Gasteiger partial charge in [0.05, 0.1) is 6.26 Å². The molecule has 0 aliphatic heterocycles. The molecular formula is C6H5NO3S. The molecule has 1 rings (SSSR count). The van der Waals surface area contributed by atoms with Gasteiger partial charge in [0, 0.05) is 0 Å². The van der Waals surface area contributed by atoms with Crippen LogP contribution in [0.25, 0.3) is 0 Å². The summed E-state index contributed by atoms with van der Waals surface area (Å²) in [5.74, 6) is 1.99. The first-order valence-electron chi connectivity index (χ1n) is 2.62. The van der Waals surface area contributed by atoms with Crippen molar-refractivity contribution in [1.82, 2.24) is 0 Å². The van der Waals surface area contributed by atoms with E-state index >= 15 is 0 Å². The quantitative estimate of drug-likeness (QED) is 0.600. The fourth-order valence-corrected chi connectivity index (χ4v) is 1.24. The lowest BCUT2D eigenvalue weighted by atomic mass is 10.5. The lowest BCUT2D eigenvalue weighted by Gasteiger charge is -1.90. The van der Waals surface area contributed by atoms with Crippen LogP contribution < -0.4 is 5.14 Å². The molecule has 1 aromatic heterocycles. The molecule has 1 aromatic rings. The van der Waals surface area contributed by atoms with Gasteiger partial charge in [-0.1, -0.05) is 0 Å². The molecule has 0 saturated heterocycles. The maximum atomic E-state index is 10.7. The Morgan fingerprint density at radius 2 is 2.27 bits per heavy atom. The van der Waals surface area contributed by atoms with Crippen molar-refractivity contribution in [1.29, 1.82) is 0 Å². The van der Waals surface area contributed by atoms with E-state index in [1.54, 1.807) is 0 Å². The zero-order valence-corrected chi connectivity index (χ0v) is 6.26. The highest BCUT2D eigenvalue weighted by Gasteiger charge is 2.14. The van der Waals surface area contributed by atoms with Crippen LogP contribution in [0.15, 0.2) is 21.6 Å². The summed E-state index contributed by atoms with van der Waals surface area (Å²) in [6.45, 7) is 0. The predicted molar refractivity (Wildman–Crippen MR) is 38.0 cm³/mol. The second kappa shape index (κ2) is 2.42. The van der Waals surface area contributed by atoms with Gasteiger partial charge < -0.3 is 4.42 Å². The Morgan fingerprint density at radius 3 is 2.64 bits per heavy atom. The highest BCUT2D eigenvalue weighted by Crippen LogP contribution is 2.13. The Balaban J connectivity index is 3.39. The number of hydrogen-bond acceptors (Lipinski definition) is 3. The van der Waals surface area contributed by atoms with E-state index in [9.17, 15) is 8.42 Å². The second-order valence-corrected chi connectivity index (χ2v) is 3.33. The lowest BCUT2D eigenvalue weighted by Crippen LogP contribution is -2.12. The first-order chi connectivity index (χ1) is 5.05. The highest BCUT2D eigenvalue weighted by molar-refractivity contribution is 7.89. The zero-order valence-electron chi connectivity index (χ0n) is 5.44. The molecule has 0 bridgehead atoms. The van der Waals surface area contributed by atoms with Gasteiger partial charge in [-0.15, -0.1) is 6.42 Å². The van der Waals surface area contributed by atoms with Crippen LogP contribution in [-0.2, 0) is 10.0 Å². The van der Waals surface area contributed by atoms with Crippen LogP contribution in [0.5, 0.6) is 0 Å². The Kier molecular flexibility index (Phi) is 1.72. The topological polar surface area (TPSA) is 73.3 Å². The summed E-state index contributed by atoms with van der Waals surface area (Å²) in [6, 6.07) is 1.21. The minimum Gasteiger partial charge on any atom is -0.455 e. The number of terminal acetylenes is 1. The molecule has 0 radical (unpaired) electrons. The van der Waals surface area contributed by atoms with Gasteiger partial charge in [0.15, 0.2) is 5.76 Å². The van der Waals surface area contributed by atoms with Gasteiger partial charge in [-0.2, -0.15) is 0 Å². The summed E-state index contributed by atoms with van der Waals surface area (Å²) >= 11 is 0. The minimum absolute atomic E-state index is 0.0625. The third-order valence-electron chi connectivity index (χ3n) is 1.07. The van der Waals surface area contributed by atoms with Crippen molar-refractivity contribution in [2.45, 2.75) is 4.90 Å². The van der Waals surface area contributed by atoms with Gasteiger partial charge in [-0.05, 0) is 12.0 Å². The predicted octanol–water partition coefficient (Wildman–Crippen LogP) is -0.0917. The van der Waals surface area contributed by atoms with E-state index in [4.69, 9.17) is 11.6 Å². The molecule has 0 spiro atoms. The average molecular weight is 171 g/mol. The third kappa shape index (κ3) is 1.42. The van der Waals surface area contributed by atoms with Crippen LogP contribution in [0.3, 0.4) is 0 Å². The summed E-state index contributed by atoms with van der Waals surface area (Å²) in [4.78, 5) is -0.153. The number of primary sulfonamides is 1. The van der Waals surface area contributed by atoms with E-state index in [-0.39, 0.29) is 10.7 Å². The molecular weight excluding hydrogens is 166 g/mol. The zero-order chi connectivity index (χ0) is 8.48. The molecule has 0 aliphatic carbocycles. The third-order valence-corrected chi connectivity index (χ3v) is 2.00. The summed E-state index contributed by atoms with van der Waals surface area (Å²) in [7, 11) is -3.74. The van der Waals surface area contributed by atoms with Crippen LogP contribution in [0.4, 0.5) is 0 Å². The van der Waals surface area contributed by atoms with Gasteiger partial charge in [-0.25, -0.2) is 13.6 Å². The molecule has 0 amide bonds. The van der Waals surface area contributed by atoms with Crippen molar-refractivity contribution < 1.29 is 12.8 Å². The standard InChI is InChI=1S/C6H5NO3S/c1-2-5-6(3-4-10-5)11(7,8)9/h1,3-4H,(H2,7,8,9). The molecule has 1 heterocycles. The molecule has 0 unspecified atom stereocenters. The van der Waals surface area contributed by atoms with Gasteiger partial charge in [0.1, 0.15) is 4.90 Å².